The van der Waals surface area contributed by atoms with Gasteiger partial charge >= 0.3 is 5.97 Å². The molecular formula is C51H74O15. The molecule has 1 aromatic carbocycles. The first-order chi connectivity index (χ1) is 31.4. The quantitative estimate of drug-likeness (QED) is 0.126. The number of fused-ring (bicyclic) bond motifs is 5. The second kappa shape index (κ2) is 19.6. The fourth-order valence-corrected chi connectivity index (χ4v) is 13.4. The number of ketones is 1. The highest BCUT2D eigenvalue weighted by Gasteiger charge is 2.77. The lowest BCUT2D eigenvalue weighted by Gasteiger charge is -2.66. The summed E-state index contributed by atoms with van der Waals surface area (Å²) >= 11 is 0. The minimum atomic E-state index is -1.67. The van der Waals surface area contributed by atoms with Crippen molar-refractivity contribution in [2.75, 3.05) is 21.3 Å². The zero-order chi connectivity index (χ0) is 47.3. The maximum atomic E-state index is 13.5. The number of aliphatic hydroxyl groups is 3. The van der Waals surface area contributed by atoms with Crippen LogP contribution in [0.5, 0.6) is 0 Å². The zero-order valence-corrected chi connectivity index (χ0v) is 40.2. The molecule has 0 spiro atoms. The minimum absolute atomic E-state index is 0.0827. The van der Waals surface area contributed by atoms with Crippen LogP contribution in [-0.2, 0) is 57.0 Å². The highest BCUT2D eigenvalue weighted by molar-refractivity contribution is 5.87. The molecular weight excluding hydrogens is 853 g/mol. The normalized spacial score (nSPS) is 47.1. The van der Waals surface area contributed by atoms with Crippen LogP contribution in [0.2, 0.25) is 0 Å². The molecule has 368 valence electrons. The van der Waals surface area contributed by atoms with Crippen molar-refractivity contribution in [3.05, 3.63) is 53.6 Å². The van der Waals surface area contributed by atoms with E-state index in [1.165, 1.54) is 13.0 Å². The van der Waals surface area contributed by atoms with Crippen LogP contribution in [0, 0.1) is 22.7 Å². The molecule has 4 aliphatic carbocycles. The summed E-state index contributed by atoms with van der Waals surface area (Å²) in [4.78, 5) is 26.8. The molecule has 6 fully saturated rings. The molecule has 3 N–H and O–H groups in total. The average Bonchev–Trinajstić information content (AvgIpc) is 3.59. The Morgan fingerprint density at radius 2 is 1.33 bits per heavy atom. The standard InChI is InChI=1S/C51H74O15/c1-28(52)35-19-22-51(56)49(35,6)40(64-41(53)16-15-32-13-11-10-12-14-32)27-39-48(5)20-18-34(23-33(48)17-21-50(39,51)55)63-42-25-37(58-8)46(30(3)61-42)66-44-26-38(59-9)47(31(4)62-44)65-43-24-36(57-7)45(54)29(2)60-43/h10-17,29-31,34-40,42-47,54-56H,18-27H2,1-9H3/b16-15+/t29-,30-,31-,34+,35+,36-,37+,38-,39-,40-,42+,43+,44+,45-,46-,47-,48+,49+,50+,51-/m1/s1. The van der Waals surface area contributed by atoms with Crippen molar-refractivity contribution in [2.24, 2.45) is 22.7 Å². The van der Waals surface area contributed by atoms with Crippen molar-refractivity contribution in [3.63, 3.8) is 0 Å². The van der Waals surface area contributed by atoms with Gasteiger partial charge in [0.15, 0.2) is 18.9 Å². The average molecular weight is 927 g/mol. The van der Waals surface area contributed by atoms with Gasteiger partial charge in [-0.05, 0) is 89.7 Å². The highest BCUT2D eigenvalue weighted by atomic mass is 16.7. The summed E-state index contributed by atoms with van der Waals surface area (Å²) in [6.45, 7) is 11.2. The van der Waals surface area contributed by atoms with Gasteiger partial charge in [-0.3, -0.25) is 4.79 Å². The van der Waals surface area contributed by atoms with Gasteiger partial charge in [-0.1, -0.05) is 55.8 Å². The lowest BCUT2D eigenvalue weighted by molar-refractivity contribution is -0.338. The summed E-state index contributed by atoms with van der Waals surface area (Å²) < 4.78 is 62.3. The topological polar surface area (TPSA) is 187 Å². The molecule has 0 amide bonds. The van der Waals surface area contributed by atoms with Crippen LogP contribution in [0.25, 0.3) is 6.08 Å². The van der Waals surface area contributed by atoms with E-state index in [1.807, 2.05) is 51.1 Å². The van der Waals surface area contributed by atoms with Gasteiger partial charge in [0.2, 0.25) is 0 Å². The maximum Gasteiger partial charge on any atom is 0.331 e. The van der Waals surface area contributed by atoms with Crippen molar-refractivity contribution in [1.82, 2.24) is 0 Å². The Labute approximate surface area is 389 Å². The van der Waals surface area contributed by atoms with Crippen molar-refractivity contribution in [3.8, 4) is 0 Å². The molecule has 0 bridgehead atoms. The number of carbonyl (C=O) groups excluding carboxylic acids is 2. The summed E-state index contributed by atoms with van der Waals surface area (Å²) in [5.41, 5.74) is -2.95. The van der Waals surface area contributed by atoms with E-state index in [0.29, 0.717) is 51.4 Å². The summed E-state index contributed by atoms with van der Waals surface area (Å²) in [6, 6.07) is 9.47. The molecule has 3 saturated carbocycles. The number of benzene rings is 1. The van der Waals surface area contributed by atoms with E-state index in [9.17, 15) is 24.9 Å². The highest BCUT2D eigenvalue weighted by Crippen LogP contribution is 2.70. The fraction of sp³-hybridized carbons (Fsp3) is 0.765. The molecule has 15 nitrogen and oxygen atoms in total. The summed E-state index contributed by atoms with van der Waals surface area (Å²) in [5.74, 6) is -1.66. The fourth-order valence-electron chi connectivity index (χ4n) is 13.4. The van der Waals surface area contributed by atoms with Crippen LogP contribution in [0.1, 0.15) is 111 Å². The van der Waals surface area contributed by atoms with Gasteiger partial charge in [-0.15, -0.1) is 0 Å². The molecule has 15 heteroatoms. The van der Waals surface area contributed by atoms with Crippen molar-refractivity contribution < 1.29 is 72.3 Å². The number of esters is 1. The van der Waals surface area contributed by atoms with Crippen molar-refractivity contribution >= 4 is 17.8 Å². The number of aliphatic hydroxyl groups excluding tert-OH is 1. The SMILES string of the molecule is CO[C@H]1C[C@H](O[C@H]2CC[C@@]3(C)C(=CC[C@]4(O)[C@@H]3C[C@@H](OC(=O)/C=C/c3ccccc3)[C@]3(C)[C@H](C(C)=O)CC[C@@]34O)C2)O[C@H](C)[C@H]1O[C@H]1C[C@@H](OC)[C@H](O[C@H]2C[C@@H](OC)[C@H](O)[C@@H](C)O2)[C@@H](C)O1. The Morgan fingerprint density at radius 3 is 1.92 bits per heavy atom. The van der Waals surface area contributed by atoms with E-state index in [-0.39, 0.29) is 36.9 Å². The van der Waals surface area contributed by atoms with Gasteiger partial charge in [-0.25, -0.2) is 4.79 Å². The number of rotatable bonds is 13. The Kier molecular flexibility index (Phi) is 14.8. The molecule has 7 aliphatic rings. The molecule has 20 atom stereocenters. The lowest BCUT2D eigenvalue weighted by Crippen LogP contribution is -2.75. The van der Waals surface area contributed by atoms with Gasteiger partial charge in [0.25, 0.3) is 0 Å². The van der Waals surface area contributed by atoms with Gasteiger partial charge < -0.3 is 62.7 Å². The number of ether oxygens (including phenoxy) is 10. The Bertz CT molecular complexity index is 1930. The number of carbonyl (C=O) groups is 2. The third kappa shape index (κ3) is 8.91. The van der Waals surface area contributed by atoms with Gasteiger partial charge in [0.1, 0.15) is 41.4 Å². The third-order valence-electron chi connectivity index (χ3n) is 17.1. The van der Waals surface area contributed by atoms with Crippen LogP contribution < -0.4 is 0 Å². The number of Topliss-reactive ketones (excluding diaryl/α,β-unsaturated/α-hetero) is 1. The van der Waals surface area contributed by atoms with E-state index in [4.69, 9.17) is 47.4 Å². The number of hydrogen-bond donors (Lipinski definition) is 3. The van der Waals surface area contributed by atoms with Crippen LogP contribution in [0.3, 0.4) is 0 Å². The first kappa shape index (κ1) is 49.8. The molecule has 0 radical (unpaired) electrons. The minimum Gasteiger partial charge on any atom is -0.458 e. The Hall–Kier alpha value is -2.64. The summed E-state index contributed by atoms with van der Waals surface area (Å²) in [5, 5.41) is 36.3. The van der Waals surface area contributed by atoms with Crippen LogP contribution >= 0.6 is 0 Å². The van der Waals surface area contributed by atoms with Gasteiger partial charge in [-0.2, -0.15) is 0 Å². The van der Waals surface area contributed by atoms with E-state index in [0.717, 1.165) is 11.1 Å². The number of hydrogen-bond acceptors (Lipinski definition) is 15. The van der Waals surface area contributed by atoms with Crippen LogP contribution in [-0.4, -0.2) is 146 Å². The predicted molar refractivity (Wildman–Crippen MR) is 239 cm³/mol. The molecule has 1 aromatic rings. The smallest absolute Gasteiger partial charge is 0.331 e. The molecule has 3 heterocycles. The zero-order valence-electron chi connectivity index (χ0n) is 40.2. The third-order valence-corrected chi connectivity index (χ3v) is 17.1. The lowest BCUT2D eigenvalue weighted by atomic mass is 9.43. The van der Waals surface area contributed by atoms with E-state index < -0.39 is 108 Å². The largest absolute Gasteiger partial charge is 0.458 e. The predicted octanol–water partition coefficient (Wildman–Crippen LogP) is 5.59. The Balaban J connectivity index is 0.911. The summed E-state index contributed by atoms with van der Waals surface area (Å²) in [7, 11) is 4.87. The number of methoxy groups -OCH3 is 3. The van der Waals surface area contributed by atoms with Gasteiger partial charge in [0, 0.05) is 63.9 Å². The molecule has 3 aliphatic heterocycles. The van der Waals surface area contributed by atoms with Crippen LogP contribution in [0.15, 0.2) is 48.1 Å². The molecule has 3 saturated heterocycles. The maximum absolute atomic E-state index is 13.5. The molecule has 8 rings (SSSR count). The second-order valence-electron chi connectivity index (χ2n) is 20.6. The summed E-state index contributed by atoms with van der Waals surface area (Å²) in [6.07, 6.45) is 2.69. The molecule has 66 heavy (non-hydrogen) atoms. The first-order valence-electron chi connectivity index (χ1n) is 24.2. The van der Waals surface area contributed by atoms with Crippen LogP contribution in [0.4, 0.5) is 0 Å². The van der Waals surface area contributed by atoms with E-state index >= 15 is 0 Å². The van der Waals surface area contributed by atoms with E-state index in [1.54, 1.807) is 34.3 Å². The molecule has 0 unspecified atom stereocenters. The monoisotopic (exact) mass is 927 g/mol. The second-order valence-corrected chi connectivity index (χ2v) is 20.6. The van der Waals surface area contributed by atoms with Crippen molar-refractivity contribution in [1.29, 1.82) is 0 Å². The van der Waals surface area contributed by atoms with E-state index in [2.05, 4.69) is 13.0 Å². The van der Waals surface area contributed by atoms with Gasteiger partial charge in [0.05, 0.1) is 42.7 Å². The van der Waals surface area contributed by atoms with Crippen molar-refractivity contribution in [2.45, 2.75) is 203 Å². The first-order valence-corrected chi connectivity index (χ1v) is 24.2. The Morgan fingerprint density at radius 1 is 0.758 bits per heavy atom. The molecule has 0 aromatic heterocycles.